The first-order chi connectivity index (χ1) is 13.1. The van der Waals surface area contributed by atoms with Crippen LogP contribution in [-0.2, 0) is 13.0 Å². The molecule has 0 fully saturated rings. The van der Waals surface area contributed by atoms with Crippen LogP contribution in [0.25, 0.3) is 10.8 Å². The van der Waals surface area contributed by atoms with Crippen molar-refractivity contribution in [1.82, 2.24) is 5.32 Å². The van der Waals surface area contributed by atoms with Gasteiger partial charge in [-0.05, 0) is 41.8 Å². The van der Waals surface area contributed by atoms with Gasteiger partial charge in [0.05, 0.1) is 23.0 Å². The molecule has 2 atom stereocenters. The minimum Gasteiger partial charge on any atom is -0.353 e. The van der Waals surface area contributed by atoms with Crippen LogP contribution >= 0.6 is 11.3 Å². The van der Waals surface area contributed by atoms with Gasteiger partial charge in [0.2, 0.25) is 0 Å². The van der Waals surface area contributed by atoms with E-state index in [2.05, 4.69) is 54.8 Å². The zero-order chi connectivity index (χ0) is 18.5. The van der Waals surface area contributed by atoms with Crippen LogP contribution in [0.3, 0.4) is 0 Å². The summed E-state index contributed by atoms with van der Waals surface area (Å²) in [6.45, 7) is 6.68. The second-order valence-corrected chi connectivity index (χ2v) is 8.96. The smallest absolute Gasteiger partial charge is 0.256 e. The summed E-state index contributed by atoms with van der Waals surface area (Å²) in [5.74, 6) is 0.0624. The number of quaternary nitrogens is 1. The van der Waals surface area contributed by atoms with Crippen LogP contribution in [-0.4, -0.2) is 18.5 Å². The summed E-state index contributed by atoms with van der Waals surface area (Å²) in [5, 5.41) is 10.2. The van der Waals surface area contributed by atoms with Gasteiger partial charge < -0.3 is 15.5 Å². The first-order valence-electron chi connectivity index (χ1n) is 9.65. The molecule has 0 saturated carbocycles. The highest BCUT2D eigenvalue weighted by Gasteiger charge is 2.35. The Morgan fingerprint density at radius 1 is 1.11 bits per heavy atom. The van der Waals surface area contributed by atoms with Gasteiger partial charge >= 0.3 is 0 Å². The summed E-state index contributed by atoms with van der Waals surface area (Å²) in [4.78, 5) is 15.9. The van der Waals surface area contributed by atoms with Gasteiger partial charge in [0.1, 0.15) is 17.7 Å². The number of nitrogens with one attached hydrogen (secondary N) is 3. The lowest BCUT2D eigenvalue weighted by atomic mass is 9.99. The largest absolute Gasteiger partial charge is 0.353 e. The highest BCUT2D eigenvalue weighted by atomic mass is 32.1. The van der Waals surface area contributed by atoms with Crippen molar-refractivity contribution in [3.63, 3.8) is 0 Å². The molecule has 0 saturated heterocycles. The zero-order valence-corrected chi connectivity index (χ0v) is 16.5. The number of thiophene rings is 1. The van der Waals surface area contributed by atoms with Crippen molar-refractivity contribution in [2.45, 2.75) is 39.0 Å². The van der Waals surface area contributed by atoms with Crippen LogP contribution in [0.5, 0.6) is 0 Å². The summed E-state index contributed by atoms with van der Waals surface area (Å²) < 4.78 is 0. The number of fused-ring (bicyclic) bond motifs is 4. The zero-order valence-electron chi connectivity index (χ0n) is 15.6. The number of rotatable bonds is 2. The molecule has 2 aliphatic rings. The average molecular weight is 379 g/mol. The van der Waals surface area contributed by atoms with Gasteiger partial charge in [-0.1, -0.05) is 36.4 Å². The Hall–Kier alpha value is -2.37. The maximum absolute atomic E-state index is 12.9. The highest BCUT2D eigenvalue weighted by molar-refractivity contribution is 7.16. The molecule has 1 unspecified atom stereocenters. The molecule has 0 aliphatic carbocycles. The van der Waals surface area contributed by atoms with E-state index in [1.54, 1.807) is 16.2 Å². The molecule has 0 radical (unpaired) electrons. The topological polar surface area (TPSA) is 45.6 Å². The number of hydrogen-bond donors (Lipinski definition) is 3. The Balaban J connectivity index is 1.48. The number of carbonyl (C=O) groups is 1. The fourth-order valence-electron chi connectivity index (χ4n) is 4.26. The summed E-state index contributed by atoms with van der Waals surface area (Å²) >= 11 is 1.77. The monoisotopic (exact) mass is 378 g/mol. The number of amides is 1. The summed E-state index contributed by atoms with van der Waals surface area (Å²) in [6.07, 6.45) is 0.813. The SMILES string of the molecule is CC(C)[NH+]1CCc2c(sc3c2C(=O)N[C@@H](c2ccc4ccccc4c2)N3)C1. The fraction of sp³-hybridized carbons (Fsp3) is 0.318. The van der Waals surface area contributed by atoms with Crippen molar-refractivity contribution < 1.29 is 9.69 Å². The number of hydrogen-bond acceptors (Lipinski definition) is 3. The summed E-state index contributed by atoms with van der Waals surface area (Å²) in [7, 11) is 0. The van der Waals surface area contributed by atoms with Crippen molar-refractivity contribution in [3.05, 3.63) is 64.0 Å². The third-order valence-corrected chi connectivity index (χ3v) is 7.04. The number of benzene rings is 2. The molecule has 2 aliphatic heterocycles. The Labute approximate surface area is 163 Å². The maximum atomic E-state index is 12.9. The lowest BCUT2D eigenvalue weighted by molar-refractivity contribution is -0.936. The van der Waals surface area contributed by atoms with Crippen molar-refractivity contribution >= 4 is 33.0 Å². The molecule has 5 rings (SSSR count). The molecule has 4 nitrogen and oxygen atoms in total. The van der Waals surface area contributed by atoms with Gasteiger partial charge in [0, 0.05) is 6.42 Å². The van der Waals surface area contributed by atoms with Crippen LogP contribution in [0.4, 0.5) is 5.00 Å². The normalized spacial score (nSPS) is 21.5. The van der Waals surface area contributed by atoms with E-state index in [9.17, 15) is 4.79 Å². The Kier molecular flexibility index (Phi) is 3.95. The lowest BCUT2D eigenvalue weighted by Crippen LogP contribution is -3.14. The molecule has 3 aromatic rings. The third-order valence-electron chi connectivity index (χ3n) is 5.88. The average Bonchev–Trinajstić information content (AvgIpc) is 3.05. The third kappa shape index (κ3) is 2.82. The molecular weight excluding hydrogens is 354 g/mol. The predicted molar refractivity (Wildman–Crippen MR) is 110 cm³/mol. The summed E-state index contributed by atoms with van der Waals surface area (Å²) in [5.41, 5.74) is 3.24. The van der Waals surface area contributed by atoms with Crippen molar-refractivity contribution in [1.29, 1.82) is 0 Å². The minimum absolute atomic E-state index is 0.0624. The Morgan fingerprint density at radius 2 is 1.93 bits per heavy atom. The number of anilines is 1. The van der Waals surface area contributed by atoms with Crippen molar-refractivity contribution in [2.24, 2.45) is 0 Å². The standard InChI is InChI=1S/C22H23N3OS/c1-13(2)25-10-9-17-18(12-25)27-22-19(17)21(26)23-20(24-22)16-8-7-14-5-3-4-6-15(14)11-16/h3-8,11,13,20,24H,9-10,12H2,1-2H3,(H,23,26)/p+1/t20-/m1/s1. The first-order valence-corrected chi connectivity index (χ1v) is 10.5. The predicted octanol–water partition coefficient (Wildman–Crippen LogP) is 3.10. The van der Waals surface area contributed by atoms with E-state index in [1.807, 2.05) is 12.1 Å². The second-order valence-electron chi connectivity index (χ2n) is 7.86. The molecule has 27 heavy (non-hydrogen) atoms. The molecule has 1 aromatic heterocycles. The highest BCUT2D eigenvalue weighted by Crippen LogP contribution is 2.39. The molecular formula is C22H24N3OS+. The van der Waals surface area contributed by atoms with E-state index in [0.717, 1.165) is 35.6 Å². The van der Waals surface area contributed by atoms with E-state index in [-0.39, 0.29) is 12.1 Å². The number of carbonyl (C=O) groups excluding carboxylic acids is 1. The van der Waals surface area contributed by atoms with Crippen LogP contribution in [0.2, 0.25) is 0 Å². The van der Waals surface area contributed by atoms with Gasteiger partial charge in [0.25, 0.3) is 5.91 Å². The van der Waals surface area contributed by atoms with Gasteiger partial charge in [0.15, 0.2) is 0 Å². The quantitative estimate of drug-likeness (QED) is 0.642. The Morgan fingerprint density at radius 3 is 2.74 bits per heavy atom. The molecule has 5 heteroatoms. The molecule has 1 amide bonds. The molecule has 2 aromatic carbocycles. The van der Waals surface area contributed by atoms with Gasteiger partial charge in [-0.2, -0.15) is 0 Å². The molecule has 3 N–H and O–H groups in total. The van der Waals surface area contributed by atoms with E-state index in [4.69, 9.17) is 0 Å². The van der Waals surface area contributed by atoms with Crippen LogP contribution in [0.15, 0.2) is 42.5 Å². The first kappa shape index (κ1) is 16.8. The minimum atomic E-state index is -0.178. The molecule has 0 bridgehead atoms. The molecule has 0 spiro atoms. The van der Waals surface area contributed by atoms with E-state index >= 15 is 0 Å². The second kappa shape index (κ2) is 6.36. The molecule has 138 valence electrons. The van der Waals surface area contributed by atoms with Crippen LogP contribution < -0.4 is 15.5 Å². The van der Waals surface area contributed by atoms with Crippen molar-refractivity contribution in [3.8, 4) is 0 Å². The van der Waals surface area contributed by atoms with Crippen molar-refractivity contribution in [2.75, 3.05) is 11.9 Å². The van der Waals surface area contributed by atoms with Gasteiger partial charge in [-0.15, -0.1) is 11.3 Å². The van der Waals surface area contributed by atoms with Gasteiger partial charge in [-0.25, -0.2) is 0 Å². The fourth-order valence-corrected chi connectivity index (χ4v) is 5.58. The van der Waals surface area contributed by atoms with E-state index in [0.29, 0.717) is 6.04 Å². The summed E-state index contributed by atoms with van der Waals surface area (Å²) in [6, 6.07) is 15.3. The molecule has 3 heterocycles. The van der Waals surface area contributed by atoms with Crippen LogP contribution in [0, 0.1) is 0 Å². The van der Waals surface area contributed by atoms with Crippen LogP contribution in [0.1, 0.15) is 46.4 Å². The Bertz CT molecular complexity index is 1040. The van der Waals surface area contributed by atoms with E-state index in [1.165, 1.54) is 21.2 Å². The lowest BCUT2D eigenvalue weighted by Gasteiger charge is -2.28. The van der Waals surface area contributed by atoms with Gasteiger partial charge in [-0.3, -0.25) is 4.79 Å². The van der Waals surface area contributed by atoms with E-state index < -0.39 is 0 Å². The maximum Gasteiger partial charge on any atom is 0.256 e.